The summed E-state index contributed by atoms with van der Waals surface area (Å²) in [6.07, 6.45) is 1.48. The lowest BCUT2D eigenvalue weighted by Crippen LogP contribution is -2.04. The minimum atomic E-state index is 0.187. The first-order valence-corrected chi connectivity index (χ1v) is 7.63. The Bertz CT molecular complexity index is 1020. The highest BCUT2D eigenvalue weighted by atomic mass is 15.3. The quantitative estimate of drug-likeness (QED) is 0.594. The van der Waals surface area contributed by atoms with E-state index in [4.69, 9.17) is 10.8 Å². The molecule has 3 heterocycles. The summed E-state index contributed by atoms with van der Waals surface area (Å²) in [6, 6.07) is 8.60. The lowest BCUT2D eigenvalue weighted by Gasteiger charge is -2.05. The van der Waals surface area contributed by atoms with Gasteiger partial charge in [0.25, 0.3) is 0 Å². The van der Waals surface area contributed by atoms with Crippen LogP contribution < -0.4 is 5.73 Å². The molecule has 0 saturated heterocycles. The first-order valence-electron chi connectivity index (χ1n) is 7.63. The molecule has 0 atom stereocenters. The van der Waals surface area contributed by atoms with Crippen molar-refractivity contribution in [2.75, 3.05) is 5.73 Å². The Hall–Kier alpha value is -2.89. The van der Waals surface area contributed by atoms with Crippen molar-refractivity contribution in [1.82, 2.24) is 24.7 Å². The number of nitrogen functional groups attached to an aromatic ring is 1. The Balaban J connectivity index is 2.03. The molecule has 0 radical (unpaired) electrons. The van der Waals surface area contributed by atoms with E-state index in [1.54, 1.807) is 0 Å². The Kier molecular flexibility index (Phi) is 2.87. The normalized spacial score (nSPS) is 11.8. The van der Waals surface area contributed by atoms with E-state index in [9.17, 15) is 0 Å². The van der Waals surface area contributed by atoms with Crippen LogP contribution >= 0.6 is 0 Å². The molecule has 0 bridgehead atoms. The van der Waals surface area contributed by atoms with Gasteiger partial charge in [0.1, 0.15) is 17.8 Å². The van der Waals surface area contributed by atoms with Gasteiger partial charge in [-0.2, -0.15) is 5.10 Å². The molecule has 3 N–H and O–H groups in total. The number of H-pyrrole nitrogens is 1. The third kappa shape index (κ3) is 2.06. The van der Waals surface area contributed by atoms with E-state index in [1.807, 2.05) is 4.68 Å². The molecule has 3 aromatic heterocycles. The monoisotopic (exact) mass is 306 g/mol. The van der Waals surface area contributed by atoms with Gasteiger partial charge in [-0.15, -0.1) is 0 Å². The summed E-state index contributed by atoms with van der Waals surface area (Å²) in [5.41, 5.74) is 10.9. The zero-order valence-corrected chi connectivity index (χ0v) is 13.3. The standard InChI is InChI=1S/C17H18N6/c1-9(2)23-17-14(16(18)19-8-20-17)15(22-23)13-7-11-6-10(3)4-5-12(11)21-13/h4-9,21H,1-3H3,(H2,18,19,20). The van der Waals surface area contributed by atoms with Gasteiger partial charge in [-0.05, 0) is 39.0 Å². The van der Waals surface area contributed by atoms with Crippen LogP contribution in [0.2, 0.25) is 0 Å². The Labute approximate surface area is 133 Å². The predicted octanol–water partition coefficient (Wildman–Crippen LogP) is 3.45. The van der Waals surface area contributed by atoms with E-state index in [0.717, 1.165) is 33.3 Å². The zero-order valence-electron chi connectivity index (χ0n) is 13.3. The van der Waals surface area contributed by atoms with E-state index in [1.165, 1.54) is 11.9 Å². The summed E-state index contributed by atoms with van der Waals surface area (Å²) in [6.45, 7) is 6.23. The van der Waals surface area contributed by atoms with Gasteiger partial charge in [0.2, 0.25) is 0 Å². The molecule has 6 nitrogen and oxygen atoms in total. The van der Waals surface area contributed by atoms with Crippen molar-refractivity contribution in [2.24, 2.45) is 0 Å². The number of hydrogen-bond donors (Lipinski definition) is 2. The molecular weight excluding hydrogens is 288 g/mol. The summed E-state index contributed by atoms with van der Waals surface area (Å²) in [5, 5.41) is 6.69. The second-order valence-corrected chi connectivity index (χ2v) is 6.12. The van der Waals surface area contributed by atoms with Crippen molar-refractivity contribution in [3.05, 3.63) is 36.2 Å². The second-order valence-electron chi connectivity index (χ2n) is 6.12. The topological polar surface area (TPSA) is 85.4 Å². The van der Waals surface area contributed by atoms with Gasteiger partial charge in [-0.1, -0.05) is 11.6 Å². The lowest BCUT2D eigenvalue weighted by atomic mass is 10.1. The summed E-state index contributed by atoms with van der Waals surface area (Å²) < 4.78 is 1.89. The Morgan fingerprint density at radius 3 is 2.78 bits per heavy atom. The van der Waals surface area contributed by atoms with Crippen LogP contribution in [0.5, 0.6) is 0 Å². The number of hydrogen-bond acceptors (Lipinski definition) is 4. The van der Waals surface area contributed by atoms with Crippen LogP contribution in [0.4, 0.5) is 5.82 Å². The van der Waals surface area contributed by atoms with Gasteiger partial charge < -0.3 is 10.7 Å². The summed E-state index contributed by atoms with van der Waals surface area (Å²) in [5.74, 6) is 0.451. The third-order valence-electron chi connectivity index (χ3n) is 4.04. The van der Waals surface area contributed by atoms with Crippen LogP contribution in [-0.4, -0.2) is 24.7 Å². The maximum absolute atomic E-state index is 6.11. The van der Waals surface area contributed by atoms with E-state index >= 15 is 0 Å². The molecule has 0 saturated carbocycles. The maximum atomic E-state index is 6.11. The van der Waals surface area contributed by atoms with Crippen molar-refractivity contribution >= 4 is 27.8 Å². The fraction of sp³-hybridized carbons (Fsp3) is 0.235. The molecule has 0 aliphatic heterocycles. The van der Waals surface area contributed by atoms with Crippen LogP contribution in [-0.2, 0) is 0 Å². The number of nitrogens with two attached hydrogens (primary N) is 1. The largest absolute Gasteiger partial charge is 0.383 e. The van der Waals surface area contributed by atoms with Gasteiger partial charge in [-0.25, -0.2) is 14.6 Å². The molecule has 0 amide bonds. The van der Waals surface area contributed by atoms with E-state index in [0.29, 0.717) is 5.82 Å². The van der Waals surface area contributed by atoms with E-state index in [2.05, 4.69) is 60.0 Å². The smallest absolute Gasteiger partial charge is 0.164 e. The lowest BCUT2D eigenvalue weighted by molar-refractivity contribution is 0.547. The van der Waals surface area contributed by atoms with E-state index < -0.39 is 0 Å². The maximum Gasteiger partial charge on any atom is 0.164 e. The fourth-order valence-electron chi connectivity index (χ4n) is 2.92. The summed E-state index contributed by atoms with van der Waals surface area (Å²) >= 11 is 0. The molecular formula is C17H18N6. The molecule has 4 rings (SSSR count). The van der Waals surface area contributed by atoms with Crippen LogP contribution in [0, 0.1) is 6.92 Å². The Morgan fingerprint density at radius 2 is 2.00 bits per heavy atom. The molecule has 4 aromatic rings. The number of aromatic nitrogens is 5. The number of rotatable bonds is 2. The highest BCUT2D eigenvalue weighted by Crippen LogP contribution is 2.32. The number of aryl methyl sites for hydroxylation is 1. The number of anilines is 1. The van der Waals surface area contributed by atoms with Gasteiger partial charge in [-0.3, -0.25) is 0 Å². The first kappa shape index (κ1) is 13.8. The second kappa shape index (κ2) is 4.81. The van der Waals surface area contributed by atoms with Crippen LogP contribution in [0.15, 0.2) is 30.6 Å². The van der Waals surface area contributed by atoms with E-state index in [-0.39, 0.29) is 6.04 Å². The van der Waals surface area contributed by atoms with Crippen molar-refractivity contribution in [2.45, 2.75) is 26.8 Å². The Morgan fingerprint density at radius 1 is 1.17 bits per heavy atom. The average Bonchev–Trinajstić information content (AvgIpc) is 3.08. The predicted molar refractivity (Wildman–Crippen MR) is 92.2 cm³/mol. The minimum absolute atomic E-state index is 0.187. The third-order valence-corrected chi connectivity index (χ3v) is 4.04. The summed E-state index contributed by atoms with van der Waals surface area (Å²) in [4.78, 5) is 11.9. The van der Waals surface area contributed by atoms with Gasteiger partial charge >= 0.3 is 0 Å². The van der Waals surface area contributed by atoms with Gasteiger partial charge in [0.05, 0.1) is 11.1 Å². The van der Waals surface area contributed by atoms with Crippen LogP contribution in [0.1, 0.15) is 25.5 Å². The number of aromatic amines is 1. The molecule has 0 spiro atoms. The number of nitrogens with one attached hydrogen (secondary N) is 1. The zero-order chi connectivity index (χ0) is 16.1. The molecule has 0 unspecified atom stereocenters. The van der Waals surface area contributed by atoms with Crippen LogP contribution in [0.25, 0.3) is 33.3 Å². The number of benzene rings is 1. The first-order chi connectivity index (χ1) is 11.0. The highest BCUT2D eigenvalue weighted by Gasteiger charge is 2.19. The van der Waals surface area contributed by atoms with Gasteiger partial charge in [0, 0.05) is 16.9 Å². The van der Waals surface area contributed by atoms with Gasteiger partial charge in [0.15, 0.2) is 5.65 Å². The van der Waals surface area contributed by atoms with Crippen molar-refractivity contribution < 1.29 is 0 Å². The molecule has 116 valence electrons. The molecule has 0 aliphatic rings. The highest BCUT2D eigenvalue weighted by molar-refractivity contribution is 5.99. The molecule has 1 aromatic carbocycles. The van der Waals surface area contributed by atoms with Crippen molar-refractivity contribution in [1.29, 1.82) is 0 Å². The number of nitrogens with zero attached hydrogens (tertiary/aromatic N) is 4. The molecule has 23 heavy (non-hydrogen) atoms. The SMILES string of the molecule is Cc1ccc2[nH]c(-c3nn(C(C)C)c4ncnc(N)c34)cc2c1. The number of fused-ring (bicyclic) bond motifs is 2. The molecule has 0 fully saturated rings. The average molecular weight is 306 g/mol. The summed E-state index contributed by atoms with van der Waals surface area (Å²) in [7, 11) is 0. The minimum Gasteiger partial charge on any atom is -0.383 e. The van der Waals surface area contributed by atoms with Crippen molar-refractivity contribution in [3.63, 3.8) is 0 Å². The van der Waals surface area contributed by atoms with Crippen molar-refractivity contribution in [3.8, 4) is 11.4 Å². The van der Waals surface area contributed by atoms with Crippen LogP contribution in [0.3, 0.4) is 0 Å². The molecule has 0 aliphatic carbocycles. The molecule has 6 heteroatoms. The fourth-order valence-corrected chi connectivity index (χ4v) is 2.92.